The minimum atomic E-state index is -2.59. The molecule has 7 N–H and O–H groups in total. The highest BCUT2D eigenvalue weighted by Crippen LogP contribution is 2.90. The number of ether oxygens (including phenoxy) is 2. The van der Waals surface area contributed by atoms with Gasteiger partial charge in [0.25, 0.3) is 0 Å². The van der Waals surface area contributed by atoms with Gasteiger partial charge >= 0.3 is 5.97 Å². The van der Waals surface area contributed by atoms with Crippen LogP contribution >= 0.6 is 0 Å². The van der Waals surface area contributed by atoms with E-state index in [1.165, 1.54) is 26.1 Å². The van der Waals surface area contributed by atoms with Crippen molar-refractivity contribution in [3.05, 3.63) is 24.0 Å². The van der Waals surface area contributed by atoms with E-state index in [4.69, 9.17) is 9.47 Å². The lowest BCUT2D eigenvalue weighted by Crippen LogP contribution is -2.75. The van der Waals surface area contributed by atoms with Crippen LogP contribution in [0.4, 0.5) is 0 Å². The van der Waals surface area contributed by atoms with E-state index in [2.05, 4.69) is 4.98 Å². The minimum Gasteiger partial charge on any atom is -0.451 e. The Morgan fingerprint density at radius 2 is 1.86 bits per heavy atom. The Hall–Kier alpha value is -1.53. The Morgan fingerprint density at radius 1 is 1.20 bits per heavy atom. The maximum absolute atomic E-state index is 13.2. The van der Waals surface area contributed by atoms with E-state index in [1.54, 1.807) is 26.8 Å². The smallest absolute Gasteiger partial charge is 0.355 e. The van der Waals surface area contributed by atoms with Crippen LogP contribution in [0, 0.1) is 22.7 Å². The summed E-state index contributed by atoms with van der Waals surface area (Å²) in [6, 6.07) is 3.06. The molecule has 4 saturated carbocycles. The summed E-state index contributed by atoms with van der Waals surface area (Å²) in [7, 11) is 0. The molecule has 35 heavy (non-hydrogen) atoms. The zero-order valence-electron chi connectivity index (χ0n) is 20.6. The van der Waals surface area contributed by atoms with Crippen molar-refractivity contribution in [2.24, 2.45) is 22.7 Å². The number of nitrogens with one attached hydrogen (secondary N) is 1. The summed E-state index contributed by atoms with van der Waals surface area (Å²) in [5.74, 6) is -4.34. The maximum Gasteiger partial charge on any atom is 0.355 e. The van der Waals surface area contributed by atoms with E-state index in [0.29, 0.717) is 6.42 Å². The highest BCUT2D eigenvalue weighted by Gasteiger charge is 3.10. The van der Waals surface area contributed by atoms with E-state index in [1.807, 2.05) is 0 Å². The summed E-state index contributed by atoms with van der Waals surface area (Å²) in [5, 5.41) is 73.9. The Morgan fingerprint density at radius 3 is 2.43 bits per heavy atom. The second-order valence-corrected chi connectivity index (χ2v) is 12.4. The van der Waals surface area contributed by atoms with Gasteiger partial charge in [-0.3, -0.25) is 0 Å². The van der Waals surface area contributed by atoms with Gasteiger partial charge in [0, 0.05) is 18.0 Å². The highest BCUT2D eigenvalue weighted by atomic mass is 16.7. The number of H-pyrrole nitrogens is 1. The van der Waals surface area contributed by atoms with Crippen LogP contribution in [0.2, 0.25) is 0 Å². The first-order chi connectivity index (χ1) is 16.0. The molecular weight excluding hydrogens is 458 g/mol. The fourth-order valence-corrected chi connectivity index (χ4v) is 9.56. The lowest BCUT2D eigenvalue weighted by molar-refractivity contribution is -0.390. The van der Waals surface area contributed by atoms with E-state index in [0.717, 1.165) is 0 Å². The number of hydrogen-bond donors (Lipinski definition) is 7. The zero-order chi connectivity index (χ0) is 25.8. The van der Waals surface area contributed by atoms with Crippen molar-refractivity contribution in [1.29, 1.82) is 0 Å². The Labute approximate surface area is 202 Å². The van der Waals surface area contributed by atoms with Crippen molar-refractivity contribution in [2.75, 3.05) is 0 Å². The average Bonchev–Trinajstić information content (AvgIpc) is 3.41. The van der Waals surface area contributed by atoms with Crippen molar-refractivity contribution < 1.29 is 44.9 Å². The Kier molecular flexibility index (Phi) is 4.06. The molecule has 6 bridgehead atoms. The number of aromatic nitrogens is 1. The number of aromatic amines is 1. The Bertz CT molecular complexity index is 1130. The largest absolute Gasteiger partial charge is 0.451 e. The summed E-state index contributed by atoms with van der Waals surface area (Å²) in [4.78, 5) is 15.9. The number of hydrogen-bond acceptors (Lipinski definition) is 9. The molecule has 2 saturated heterocycles. The van der Waals surface area contributed by atoms with Crippen molar-refractivity contribution in [3.63, 3.8) is 0 Å². The summed E-state index contributed by atoms with van der Waals surface area (Å²) in [5.41, 5.74) is -15.2. The monoisotopic (exact) mass is 493 g/mol. The van der Waals surface area contributed by atoms with Crippen molar-refractivity contribution >= 4 is 5.97 Å². The van der Waals surface area contributed by atoms with E-state index < -0.39 is 74.6 Å². The molecule has 4 aliphatic carbocycles. The summed E-state index contributed by atoms with van der Waals surface area (Å²) < 4.78 is 12.1. The molecule has 0 unspecified atom stereocenters. The second kappa shape index (κ2) is 5.96. The van der Waals surface area contributed by atoms with Gasteiger partial charge < -0.3 is 45.1 Å². The van der Waals surface area contributed by atoms with Gasteiger partial charge in [0.05, 0.1) is 11.5 Å². The van der Waals surface area contributed by atoms with Gasteiger partial charge in [-0.25, -0.2) is 4.79 Å². The molecule has 10 nitrogen and oxygen atoms in total. The zero-order valence-corrected chi connectivity index (χ0v) is 20.6. The Balaban J connectivity index is 1.69. The number of aliphatic hydroxyl groups excluding tert-OH is 1. The SMILES string of the molecule is CC(C)[C@]1(O)[C@H](OC(=O)c2ccc[nH]2)[C@@]2(O)[C@@]3(C)C[C@@]4(O)O[C@]5([C@H](O)[C@H](C)CC[C@]35O)[C@]2(O)[C@]41C. The second-order valence-electron chi connectivity index (χ2n) is 12.4. The van der Waals surface area contributed by atoms with Crippen molar-refractivity contribution in [1.82, 2.24) is 4.98 Å². The summed E-state index contributed by atoms with van der Waals surface area (Å²) >= 11 is 0. The normalized spacial score (nSPS) is 59.8. The molecule has 6 aliphatic rings. The van der Waals surface area contributed by atoms with E-state index in [9.17, 15) is 35.4 Å². The fraction of sp³-hybridized carbons (Fsp3) is 0.800. The van der Waals surface area contributed by atoms with Gasteiger partial charge in [0.15, 0.2) is 17.5 Å². The highest BCUT2D eigenvalue weighted by molar-refractivity contribution is 5.87. The maximum atomic E-state index is 13.2. The third-order valence-corrected chi connectivity index (χ3v) is 11.3. The van der Waals surface area contributed by atoms with Gasteiger partial charge in [-0.15, -0.1) is 0 Å². The molecule has 1 aromatic heterocycles. The predicted molar refractivity (Wildman–Crippen MR) is 119 cm³/mol. The van der Waals surface area contributed by atoms with Gasteiger partial charge in [0.1, 0.15) is 28.1 Å². The standard InChI is InChI=1S/C25H35NO9/c1-12(2)22(31)17(34-16(28)14-7-6-10-26-14)23(32)18(4)11-21(30)19(22,5)25(23,33)24(35-21)15(27)13(3)8-9-20(18,24)29/h6-7,10,12-13,15,17,26-27,29-33H,8-9,11H2,1-5H3/t13-,15-,17+,18+,19-,20+,21-,22+,23-,24+,25+/m1/s1. The average molecular weight is 494 g/mol. The number of esters is 1. The van der Waals surface area contributed by atoms with Gasteiger partial charge in [-0.2, -0.15) is 0 Å². The molecule has 11 atom stereocenters. The summed E-state index contributed by atoms with van der Waals surface area (Å²) in [6.45, 7) is 7.91. The number of rotatable bonds is 3. The lowest BCUT2D eigenvalue weighted by Gasteiger charge is -2.60. The molecule has 1 aromatic rings. The number of carbonyl (C=O) groups excluding carboxylic acids is 1. The molecule has 6 fully saturated rings. The van der Waals surface area contributed by atoms with Crippen LogP contribution < -0.4 is 0 Å². The van der Waals surface area contributed by atoms with Gasteiger partial charge in [-0.1, -0.05) is 27.7 Å². The van der Waals surface area contributed by atoms with Crippen LogP contribution in [0.1, 0.15) is 64.4 Å². The van der Waals surface area contributed by atoms with Crippen LogP contribution in [-0.4, -0.2) is 87.6 Å². The van der Waals surface area contributed by atoms with Gasteiger partial charge in [0.2, 0.25) is 0 Å². The number of carbonyl (C=O) groups is 1. The first kappa shape index (κ1) is 23.8. The molecular formula is C25H35NO9. The number of aliphatic hydroxyl groups is 6. The van der Waals surface area contributed by atoms with Crippen molar-refractivity contribution in [3.8, 4) is 0 Å². The van der Waals surface area contributed by atoms with E-state index >= 15 is 0 Å². The first-order valence-electron chi connectivity index (χ1n) is 12.4. The van der Waals surface area contributed by atoms with Crippen LogP contribution in [0.25, 0.3) is 0 Å². The van der Waals surface area contributed by atoms with Crippen LogP contribution in [0.3, 0.4) is 0 Å². The van der Waals surface area contributed by atoms with Crippen LogP contribution in [0.15, 0.2) is 18.3 Å². The third-order valence-electron chi connectivity index (χ3n) is 11.3. The predicted octanol–water partition coefficient (Wildman–Crippen LogP) is -0.188. The molecule has 0 radical (unpaired) electrons. The molecule has 0 aromatic carbocycles. The summed E-state index contributed by atoms with van der Waals surface area (Å²) in [6.07, 6.45) is -1.63. The first-order valence-corrected chi connectivity index (χ1v) is 12.4. The van der Waals surface area contributed by atoms with Gasteiger partial charge in [-0.05, 0) is 43.7 Å². The topological polar surface area (TPSA) is 173 Å². The molecule has 2 aliphatic heterocycles. The molecule has 0 amide bonds. The van der Waals surface area contributed by atoms with Crippen LogP contribution in [-0.2, 0) is 9.47 Å². The fourth-order valence-electron chi connectivity index (χ4n) is 9.56. The third kappa shape index (κ3) is 1.74. The van der Waals surface area contributed by atoms with E-state index in [-0.39, 0.29) is 18.5 Å². The van der Waals surface area contributed by atoms with Crippen LogP contribution in [0.5, 0.6) is 0 Å². The quantitative estimate of drug-likeness (QED) is 0.282. The molecule has 1 spiro atoms. The molecule has 7 rings (SSSR count). The molecule has 194 valence electrons. The van der Waals surface area contributed by atoms with Crippen molar-refractivity contribution in [2.45, 2.75) is 99.9 Å². The minimum absolute atomic E-state index is 0.0654. The molecule has 3 heterocycles. The molecule has 10 heteroatoms. The lowest BCUT2D eigenvalue weighted by atomic mass is 9.52.